The molecule has 2 aromatic heterocycles. The lowest BCUT2D eigenvalue weighted by atomic mass is 9.86. The Morgan fingerprint density at radius 3 is 2.09 bits per heavy atom. The van der Waals surface area contributed by atoms with Crippen LogP contribution in [0.4, 0.5) is 0 Å². The first-order chi connectivity index (χ1) is 15.7. The number of fused-ring (bicyclic) bond motifs is 3. The van der Waals surface area contributed by atoms with E-state index in [4.69, 9.17) is 9.47 Å². The van der Waals surface area contributed by atoms with Crippen LogP contribution in [0.15, 0.2) is 97.3 Å². The van der Waals surface area contributed by atoms with Crippen LogP contribution in [-0.2, 0) is 21.8 Å². The van der Waals surface area contributed by atoms with Crippen LogP contribution in [0.25, 0.3) is 22.5 Å². The highest BCUT2D eigenvalue weighted by atomic mass is 16.7. The summed E-state index contributed by atoms with van der Waals surface area (Å²) in [7, 11) is 3.47. The van der Waals surface area contributed by atoms with Crippen molar-refractivity contribution in [2.75, 3.05) is 14.2 Å². The van der Waals surface area contributed by atoms with Crippen molar-refractivity contribution in [3.05, 3.63) is 108 Å². The highest BCUT2D eigenvalue weighted by molar-refractivity contribution is 5.64. The summed E-state index contributed by atoms with van der Waals surface area (Å²) in [5.74, 6) is -0.915. The van der Waals surface area contributed by atoms with Crippen molar-refractivity contribution in [2.24, 2.45) is 0 Å². The first-order valence-electron chi connectivity index (χ1n) is 10.9. The molecule has 1 aliphatic heterocycles. The number of nitrogens with zero attached hydrogens (tertiary/aromatic N) is 2. The Morgan fingerprint density at radius 1 is 0.719 bits per heavy atom. The van der Waals surface area contributed by atoms with Gasteiger partial charge in [0.25, 0.3) is 11.8 Å². The van der Waals surface area contributed by atoms with Crippen LogP contribution >= 0.6 is 0 Å². The molecule has 4 nitrogen and oxygen atoms in total. The van der Waals surface area contributed by atoms with Gasteiger partial charge in [-0.3, -0.25) is 0 Å². The van der Waals surface area contributed by atoms with Crippen LogP contribution in [0.2, 0.25) is 0 Å². The maximum absolute atomic E-state index is 6.21. The van der Waals surface area contributed by atoms with Gasteiger partial charge in [-0.05, 0) is 36.8 Å². The minimum Gasteiger partial charge on any atom is -0.344 e. The Bertz CT molecular complexity index is 1260. The number of benzene rings is 2. The van der Waals surface area contributed by atoms with E-state index in [1.54, 1.807) is 14.2 Å². The van der Waals surface area contributed by atoms with Crippen molar-refractivity contribution < 1.29 is 18.6 Å². The minimum atomic E-state index is -0.915. The van der Waals surface area contributed by atoms with Gasteiger partial charge >= 0.3 is 0 Å². The van der Waals surface area contributed by atoms with Gasteiger partial charge in [-0.15, -0.1) is 0 Å². The lowest BCUT2D eigenvalue weighted by Crippen LogP contribution is -2.62. The van der Waals surface area contributed by atoms with Crippen molar-refractivity contribution in [3.8, 4) is 22.5 Å². The van der Waals surface area contributed by atoms with Crippen molar-refractivity contribution in [3.63, 3.8) is 0 Å². The molecule has 0 saturated heterocycles. The maximum atomic E-state index is 6.21. The first kappa shape index (κ1) is 20.6. The molecule has 5 rings (SSSR count). The number of aromatic nitrogens is 2. The third-order valence-corrected chi connectivity index (χ3v) is 6.58. The molecule has 0 fully saturated rings. The third kappa shape index (κ3) is 3.15. The van der Waals surface area contributed by atoms with Crippen LogP contribution in [0, 0.1) is 6.92 Å². The van der Waals surface area contributed by atoms with Crippen molar-refractivity contribution in [1.82, 2.24) is 0 Å². The summed E-state index contributed by atoms with van der Waals surface area (Å²) >= 11 is 0. The zero-order valence-electron chi connectivity index (χ0n) is 18.7. The number of hydrogen-bond acceptors (Lipinski definition) is 2. The second-order valence-corrected chi connectivity index (χ2v) is 8.18. The monoisotopic (exact) mass is 424 g/mol. The smallest absolute Gasteiger partial charge is 0.274 e. The number of pyridine rings is 2. The summed E-state index contributed by atoms with van der Waals surface area (Å²) in [5.41, 5.74) is 6.98. The van der Waals surface area contributed by atoms with E-state index in [0.717, 1.165) is 16.8 Å². The average Bonchev–Trinajstić information content (AvgIpc) is 2.85. The van der Waals surface area contributed by atoms with Gasteiger partial charge in [-0.2, -0.15) is 9.13 Å². The number of ether oxygens (including phenoxy) is 2. The lowest BCUT2D eigenvalue weighted by molar-refractivity contribution is -0.810. The molecule has 0 saturated carbocycles. The fraction of sp³-hybridized carbons (Fsp3) is 0.214. The van der Waals surface area contributed by atoms with Crippen LogP contribution in [-0.4, -0.2) is 14.2 Å². The minimum absolute atomic E-state index is 0.112. The summed E-state index contributed by atoms with van der Waals surface area (Å²) in [4.78, 5) is 0. The number of rotatable bonds is 5. The van der Waals surface area contributed by atoms with Crippen molar-refractivity contribution >= 4 is 0 Å². The molecule has 1 aliphatic rings. The van der Waals surface area contributed by atoms with E-state index in [1.807, 2.05) is 0 Å². The Labute approximate surface area is 189 Å². The molecule has 0 bridgehead atoms. The van der Waals surface area contributed by atoms with Gasteiger partial charge in [0.1, 0.15) is 0 Å². The lowest BCUT2D eigenvalue weighted by Gasteiger charge is -2.38. The molecule has 4 heteroatoms. The highest BCUT2D eigenvalue weighted by Crippen LogP contribution is 2.44. The highest BCUT2D eigenvalue weighted by Gasteiger charge is 2.56. The number of aryl methyl sites for hydroxylation is 1. The van der Waals surface area contributed by atoms with Crippen LogP contribution < -0.4 is 9.13 Å². The van der Waals surface area contributed by atoms with E-state index in [0.29, 0.717) is 6.54 Å². The van der Waals surface area contributed by atoms with Gasteiger partial charge in [0, 0.05) is 49.6 Å². The molecule has 160 valence electrons. The van der Waals surface area contributed by atoms with E-state index in [1.165, 1.54) is 16.8 Å². The molecular formula is C28H28N2O2+2. The maximum Gasteiger partial charge on any atom is 0.274 e. The average molecular weight is 425 g/mol. The van der Waals surface area contributed by atoms with Crippen molar-refractivity contribution in [2.45, 2.75) is 25.3 Å². The second-order valence-electron chi connectivity index (χ2n) is 8.18. The van der Waals surface area contributed by atoms with Gasteiger partial charge in [-0.1, -0.05) is 36.4 Å². The van der Waals surface area contributed by atoms with Gasteiger partial charge in [0.15, 0.2) is 12.4 Å². The molecule has 1 unspecified atom stereocenters. The van der Waals surface area contributed by atoms with E-state index >= 15 is 0 Å². The van der Waals surface area contributed by atoms with Gasteiger partial charge in [0.05, 0.1) is 5.56 Å². The summed E-state index contributed by atoms with van der Waals surface area (Å²) in [5, 5.41) is 0. The quantitative estimate of drug-likeness (QED) is 0.346. The topological polar surface area (TPSA) is 26.2 Å². The van der Waals surface area contributed by atoms with E-state index in [-0.39, 0.29) is 6.04 Å². The largest absolute Gasteiger partial charge is 0.344 e. The third-order valence-electron chi connectivity index (χ3n) is 6.58. The van der Waals surface area contributed by atoms with E-state index in [2.05, 4.69) is 113 Å². The summed E-state index contributed by atoms with van der Waals surface area (Å²) in [6.07, 6.45) is 4.27. The van der Waals surface area contributed by atoms with Crippen molar-refractivity contribution in [1.29, 1.82) is 0 Å². The predicted molar refractivity (Wildman–Crippen MR) is 124 cm³/mol. The molecule has 2 aromatic carbocycles. The summed E-state index contributed by atoms with van der Waals surface area (Å²) in [6.45, 7) is 2.84. The van der Waals surface area contributed by atoms with Crippen LogP contribution in [0.5, 0.6) is 0 Å². The molecule has 4 aromatic rings. The molecule has 0 amide bonds. The number of hydrogen-bond donors (Lipinski definition) is 0. The van der Waals surface area contributed by atoms with Gasteiger partial charge in [0.2, 0.25) is 17.9 Å². The Hall–Kier alpha value is -3.34. The summed E-state index contributed by atoms with van der Waals surface area (Å²) < 4.78 is 17.0. The SMILES string of the molecule is COC1(OC)c2ccccc2-c2cccc[n+]2C1C[n+]1ccccc1-c1ccccc1C. The Balaban J connectivity index is 1.70. The molecule has 32 heavy (non-hydrogen) atoms. The number of methoxy groups -OCH3 is 2. The van der Waals surface area contributed by atoms with Gasteiger partial charge in [-0.25, -0.2) is 0 Å². The normalized spacial score (nSPS) is 16.3. The molecular weight excluding hydrogens is 396 g/mol. The van der Waals surface area contributed by atoms with E-state index in [9.17, 15) is 0 Å². The first-order valence-corrected chi connectivity index (χ1v) is 10.9. The molecule has 1 atom stereocenters. The molecule has 0 aliphatic carbocycles. The molecule has 0 radical (unpaired) electrons. The summed E-state index contributed by atoms with van der Waals surface area (Å²) in [6, 6.07) is 29.4. The predicted octanol–water partition coefficient (Wildman–Crippen LogP) is 4.60. The zero-order valence-corrected chi connectivity index (χ0v) is 18.7. The molecule has 3 heterocycles. The fourth-order valence-electron chi connectivity index (χ4n) is 5.04. The second kappa shape index (κ2) is 8.30. The molecule has 0 spiro atoms. The molecule has 0 N–H and O–H groups in total. The van der Waals surface area contributed by atoms with E-state index < -0.39 is 5.79 Å². The zero-order chi connectivity index (χ0) is 22.1. The van der Waals surface area contributed by atoms with Crippen LogP contribution in [0.1, 0.15) is 17.2 Å². The van der Waals surface area contributed by atoms with Crippen LogP contribution in [0.3, 0.4) is 0 Å². The standard InChI is InChI=1S/C28H28N2O2/c1-21-12-4-5-13-22(21)25-16-8-10-18-29(25)20-27-28(31-2,32-3)24-15-7-6-14-23(24)26-17-9-11-19-30(26)27/h4-19,27H,20H2,1-3H3/q+2. The van der Waals surface area contributed by atoms with Gasteiger partial charge < -0.3 is 9.47 Å². The fourth-order valence-corrected chi connectivity index (χ4v) is 5.04. The Kier molecular flexibility index (Phi) is 5.33. The Morgan fingerprint density at radius 2 is 1.34 bits per heavy atom.